The Labute approximate surface area is 94.3 Å². The molecule has 1 rings (SSSR count). The second kappa shape index (κ2) is 4.53. The summed E-state index contributed by atoms with van der Waals surface area (Å²) in [6.07, 6.45) is 0. The molecule has 0 aliphatic carbocycles. The van der Waals surface area contributed by atoms with Crippen molar-refractivity contribution in [2.75, 3.05) is 11.9 Å². The number of halogens is 1. The second-order valence-corrected chi connectivity index (χ2v) is 3.99. The van der Waals surface area contributed by atoms with Crippen LogP contribution in [-0.2, 0) is 4.79 Å². The third-order valence-electron chi connectivity index (χ3n) is 2.49. The SMILES string of the molecule is Cc1ccc(Cl)cc1N(C)[C@@H](C)C(=O)O. The Bertz CT molecular complexity index is 379. The van der Waals surface area contributed by atoms with Crippen molar-refractivity contribution in [1.29, 1.82) is 0 Å². The maximum absolute atomic E-state index is 10.8. The summed E-state index contributed by atoms with van der Waals surface area (Å²) in [5.74, 6) is -0.850. The number of benzene rings is 1. The average molecular weight is 228 g/mol. The minimum Gasteiger partial charge on any atom is -0.480 e. The van der Waals surface area contributed by atoms with E-state index in [0.29, 0.717) is 5.02 Å². The molecule has 0 amide bonds. The van der Waals surface area contributed by atoms with Crippen molar-refractivity contribution in [2.24, 2.45) is 0 Å². The number of carboxylic acid groups (broad SMARTS) is 1. The fourth-order valence-electron chi connectivity index (χ4n) is 1.34. The Kier molecular flexibility index (Phi) is 3.58. The standard InChI is InChI=1S/C11H14ClNO2/c1-7-4-5-9(12)6-10(7)13(3)8(2)11(14)15/h4-6,8H,1-3H3,(H,14,15)/t8-/m0/s1. The van der Waals surface area contributed by atoms with Crippen LogP contribution in [0.4, 0.5) is 5.69 Å². The van der Waals surface area contributed by atoms with E-state index in [0.717, 1.165) is 11.3 Å². The monoisotopic (exact) mass is 227 g/mol. The number of nitrogens with zero attached hydrogens (tertiary/aromatic N) is 1. The third kappa shape index (κ3) is 2.63. The minimum atomic E-state index is -0.850. The highest BCUT2D eigenvalue weighted by atomic mass is 35.5. The number of carbonyl (C=O) groups is 1. The van der Waals surface area contributed by atoms with Gasteiger partial charge in [-0.1, -0.05) is 17.7 Å². The molecule has 0 saturated carbocycles. The number of hydrogen-bond donors (Lipinski definition) is 1. The van der Waals surface area contributed by atoms with Crippen LogP contribution < -0.4 is 4.90 Å². The van der Waals surface area contributed by atoms with Gasteiger partial charge in [-0.25, -0.2) is 4.79 Å². The summed E-state index contributed by atoms with van der Waals surface area (Å²) >= 11 is 5.87. The number of anilines is 1. The zero-order valence-corrected chi connectivity index (χ0v) is 9.75. The Balaban J connectivity index is 3.04. The van der Waals surface area contributed by atoms with Crippen LogP contribution in [0.2, 0.25) is 5.02 Å². The van der Waals surface area contributed by atoms with E-state index in [-0.39, 0.29) is 0 Å². The lowest BCUT2D eigenvalue weighted by molar-refractivity contribution is -0.138. The molecule has 0 aliphatic rings. The first-order valence-electron chi connectivity index (χ1n) is 4.65. The smallest absolute Gasteiger partial charge is 0.326 e. The molecule has 1 atom stereocenters. The molecule has 1 aromatic rings. The predicted octanol–water partition coefficient (Wildman–Crippen LogP) is 2.56. The highest BCUT2D eigenvalue weighted by Crippen LogP contribution is 2.24. The zero-order valence-electron chi connectivity index (χ0n) is 8.99. The molecule has 0 heterocycles. The molecule has 1 aromatic carbocycles. The lowest BCUT2D eigenvalue weighted by Gasteiger charge is -2.25. The third-order valence-corrected chi connectivity index (χ3v) is 2.72. The molecule has 3 nitrogen and oxygen atoms in total. The summed E-state index contributed by atoms with van der Waals surface area (Å²) in [6.45, 7) is 3.57. The first-order chi connectivity index (χ1) is 6.93. The molecular weight excluding hydrogens is 214 g/mol. The fourth-order valence-corrected chi connectivity index (χ4v) is 1.50. The highest BCUT2D eigenvalue weighted by molar-refractivity contribution is 6.30. The van der Waals surface area contributed by atoms with Gasteiger partial charge in [0.05, 0.1) is 0 Å². The summed E-state index contributed by atoms with van der Waals surface area (Å²) in [7, 11) is 1.75. The Hall–Kier alpha value is -1.22. The van der Waals surface area contributed by atoms with Crippen LogP contribution in [0.5, 0.6) is 0 Å². The quantitative estimate of drug-likeness (QED) is 0.863. The second-order valence-electron chi connectivity index (χ2n) is 3.56. The number of likely N-dealkylation sites (N-methyl/N-ethyl adjacent to an activating group) is 1. The van der Waals surface area contributed by atoms with Crippen LogP contribution in [-0.4, -0.2) is 24.2 Å². The Morgan fingerprint density at radius 1 is 1.53 bits per heavy atom. The number of aliphatic carboxylic acids is 1. The molecular formula is C11H14ClNO2. The van der Waals surface area contributed by atoms with Crippen molar-refractivity contribution in [3.8, 4) is 0 Å². The Morgan fingerprint density at radius 2 is 2.13 bits per heavy atom. The topological polar surface area (TPSA) is 40.5 Å². The normalized spacial score (nSPS) is 12.3. The van der Waals surface area contributed by atoms with Gasteiger partial charge in [-0.15, -0.1) is 0 Å². The highest BCUT2D eigenvalue weighted by Gasteiger charge is 2.18. The molecule has 0 spiro atoms. The molecule has 82 valence electrons. The van der Waals surface area contributed by atoms with E-state index in [1.807, 2.05) is 13.0 Å². The molecule has 0 radical (unpaired) electrons. The lowest BCUT2D eigenvalue weighted by atomic mass is 10.1. The summed E-state index contributed by atoms with van der Waals surface area (Å²) in [5.41, 5.74) is 1.85. The average Bonchev–Trinajstić information content (AvgIpc) is 2.19. The van der Waals surface area contributed by atoms with Crippen LogP contribution in [0.15, 0.2) is 18.2 Å². The Morgan fingerprint density at radius 3 is 2.67 bits per heavy atom. The number of carboxylic acids is 1. The van der Waals surface area contributed by atoms with E-state index in [1.165, 1.54) is 0 Å². The van der Waals surface area contributed by atoms with Gasteiger partial charge in [-0.05, 0) is 31.5 Å². The van der Waals surface area contributed by atoms with Gasteiger partial charge in [0.2, 0.25) is 0 Å². The maximum atomic E-state index is 10.8. The van der Waals surface area contributed by atoms with E-state index < -0.39 is 12.0 Å². The molecule has 0 aliphatic heterocycles. The molecule has 0 aromatic heterocycles. The van der Waals surface area contributed by atoms with E-state index >= 15 is 0 Å². The van der Waals surface area contributed by atoms with Crippen molar-refractivity contribution >= 4 is 23.3 Å². The van der Waals surface area contributed by atoms with Crippen molar-refractivity contribution in [3.05, 3.63) is 28.8 Å². The molecule has 0 saturated heterocycles. The van der Waals surface area contributed by atoms with Crippen LogP contribution >= 0.6 is 11.6 Å². The van der Waals surface area contributed by atoms with Crippen LogP contribution in [0, 0.1) is 6.92 Å². The molecule has 15 heavy (non-hydrogen) atoms. The fraction of sp³-hybridized carbons (Fsp3) is 0.364. The first-order valence-corrected chi connectivity index (χ1v) is 5.03. The predicted molar refractivity (Wildman–Crippen MR) is 61.7 cm³/mol. The van der Waals surface area contributed by atoms with E-state index in [4.69, 9.17) is 16.7 Å². The van der Waals surface area contributed by atoms with Gasteiger partial charge in [0.25, 0.3) is 0 Å². The number of rotatable bonds is 3. The van der Waals surface area contributed by atoms with Gasteiger partial charge in [-0.3, -0.25) is 0 Å². The number of hydrogen-bond acceptors (Lipinski definition) is 2. The van der Waals surface area contributed by atoms with Crippen molar-refractivity contribution in [3.63, 3.8) is 0 Å². The number of aryl methyl sites for hydroxylation is 1. The van der Waals surface area contributed by atoms with E-state index in [9.17, 15) is 4.79 Å². The van der Waals surface area contributed by atoms with Gasteiger partial charge < -0.3 is 10.0 Å². The van der Waals surface area contributed by atoms with Crippen molar-refractivity contribution in [1.82, 2.24) is 0 Å². The molecule has 0 fully saturated rings. The van der Waals surface area contributed by atoms with Crippen LogP contribution in [0.3, 0.4) is 0 Å². The molecule has 0 unspecified atom stereocenters. The van der Waals surface area contributed by atoms with Gasteiger partial charge >= 0.3 is 5.97 Å². The van der Waals surface area contributed by atoms with Crippen LogP contribution in [0.1, 0.15) is 12.5 Å². The summed E-state index contributed by atoms with van der Waals surface area (Å²) in [4.78, 5) is 12.5. The zero-order chi connectivity index (χ0) is 11.6. The van der Waals surface area contributed by atoms with Crippen molar-refractivity contribution in [2.45, 2.75) is 19.9 Å². The lowest BCUT2D eigenvalue weighted by Crippen LogP contribution is -2.36. The largest absolute Gasteiger partial charge is 0.480 e. The van der Waals surface area contributed by atoms with Crippen LogP contribution in [0.25, 0.3) is 0 Å². The molecule has 1 N–H and O–H groups in total. The maximum Gasteiger partial charge on any atom is 0.326 e. The van der Waals surface area contributed by atoms with Crippen molar-refractivity contribution < 1.29 is 9.90 Å². The van der Waals surface area contributed by atoms with Gasteiger partial charge in [0.1, 0.15) is 6.04 Å². The summed E-state index contributed by atoms with van der Waals surface area (Å²) < 4.78 is 0. The summed E-state index contributed by atoms with van der Waals surface area (Å²) in [6, 6.07) is 4.88. The van der Waals surface area contributed by atoms with Gasteiger partial charge in [0, 0.05) is 17.8 Å². The van der Waals surface area contributed by atoms with Gasteiger partial charge in [0.15, 0.2) is 0 Å². The molecule has 4 heteroatoms. The van der Waals surface area contributed by atoms with E-state index in [2.05, 4.69) is 0 Å². The molecule has 0 bridgehead atoms. The first kappa shape index (κ1) is 11.9. The van der Waals surface area contributed by atoms with Gasteiger partial charge in [-0.2, -0.15) is 0 Å². The summed E-state index contributed by atoms with van der Waals surface area (Å²) in [5, 5.41) is 9.51. The van der Waals surface area contributed by atoms with E-state index in [1.54, 1.807) is 31.0 Å². The minimum absolute atomic E-state index is 0.567.